The maximum absolute atomic E-state index is 12.4. The van der Waals surface area contributed by atoms with E-state index in [0.717, 1.165) is 5.56 Å². The second-order valence-electron chi connectivity index (χ2n) is 4.75. The Morgan fingerprint density at radius 2 is 1.76 bits per heavy atom. The third-order valence-electron chi connectivity index (χ3n) is 2.97. The first-order chi connectivity index (χ1) is 9.90. The fourth-order valence-corrected chi connectivity index (χ4v) is 4.49. The molecule has 112 valence electrons. The SMILES string of the molecule is CC(Cc1ccccc1Cl)NS(=O)(=O)c1ccccc1Br. The fraction of sp³-hybridized carbons (Fsp3) is 0.200. The van der Waals surface area contributed by atoms with Crippen molar-refractivity contribution in [1.29, 1.82) is 0 Å². The van der Waals surface area contributed by atoms with Crippen LogP contribution in [0.2, 0.25) is 5.02 Å². The Hall–Kier alpha value is -0.880. The second-order valence-corrected chi connectivity index (χ2v) is 7.69. The van der Waals surface area contributed by atoms with Gasteiger partial charge in [-0.15, -0.1) is 0 Å². The number of rotatable bonds is 5. The van der Waals surface area contributed by atoms with Gasteiger partial charge in [-0.25, -0.2) is 13.1 Å². The van der Waals surface area contributed by atoms with Gasteiger partial charge in [-0.2, -0.15) is 0 Å². The van der Waals surface area contributed by atoms with Gasteiger partial charge in [0, 0.05) is 15.5 Å². The van der Waals surface area contributed by atoms with Crippen molar-refractivity contribution in [2.45, 2.75) is 24.3 Å². The summed E-state index contributed by atoms with van der Waals surface area (Å²) >= 11 is 9.36. The van der Waals surface area contributed by atoms with E-state index in [1.165, 1.54) is 0 Å². The summed E-state index contributed by atoms with van der Waals surface area (Å²) in [5, 5.41) is 0.643. The molecule has 6 heteroatoms. The van der Waals surface area contributed by atoms with Crippen LogP contribution in [0.15, 0.2) is 57.9 Å². The van der Waals surface area contributed by atoms with Crippen molar-refractivity contribution < 1.29 is 8.42 Å². The Morgan fingerprint density at radius 3 is 2.43 bits per heavy atom. The number of benzene rings is 2. The molecule has 0 spiro atoms. The van der Waals surface area contributed by atoms with E-state index < -0.39 is 10.0 Å². The van der Waals surface area contributed by atoms with Gasteiger partial charge in [0.2, 0.25) is 10.0 Å². The summed E-state index contributed by atoms with van der Waals surface area (Å²) in [7, 11) is -3.56. The van der Waals surface area contributed by atoms with Crippen LogP contribution < -0.4 is 4.72 Å². The summed E-state index contributed by atoms with van der Waals surface area (Å²) in [5.41, 5.74) is 0.918. The molecule has 0 aliphatic carbocycles. The van der Waals surface area contributed by atoms with Crippen LogP contribution in [-0.2, 0) is 16.4 Å². The van der Waals surface area contributed by atoms with Gasteiger partial charge in [0.25, 0.3) is 0 Å². The highest BCUT2D eigenvalue weighted by molar-refractivity contribution is 9.10. The molecule has 0 aliphatic rings. The van der Waals surface area contributed by atoms with Crippen LogP contribution in [0, 0.1) is 0 Å². The number of sulfonamides is 1. The van der Waals surface area contributed by atoms with Gasteiger partial charge in [0.15, 0.2) is 0 Å². The van der Waals surface area contributed by atoms with Crippen molar-refractivity contribution in [3.05, 3.63) is 63.6 Å². The molecule has 2 rings (SSSR count). The quantitative estimate of drug-likeness (QED) is 0.841. The summed E-state index contributed by atoms with van der Waals surface area (Å²) in [5.74, 6) is 0. The van der Waals surface area contributed by atoms with Crippen molar-refractivity contribution >= 4 is 37.6 Å². The normalized spacial score (nSPS) is 13.1. The lowest BCUT2D eigenvalue weighted by atomic mass is 10.1. The molecule has 0 bridgehead atoms. The standard InChI is InChI=1S/C15H15BrClNO2S/c1-11(10-12-6-2-4-8-14(12)17)18-21(19,20)15-9-5-3-7-13(15)16/h2-9,11,18H,10H2,1H3. The molecule has 0 fully saturated rings. The maximum atomic E-state index is 12.4. The minimum atomic E-state index is -3.56. The summed E-state index contributed by atoms with van der Waals surface area (Å²) in [6, 6.07) is 13.9. The van der Waals surface area contributed by atoms with Crippen LogP contribution in [0.25, 0.3) is 0 Å². The van der Waals surface area contributed by atoms with Crippen LogP contribution in [0.1, 0.15) is 12.5 Å². The summed E-state index contributed by atoms with van der Waals surface area (Å²) in [6.45, 7) is 1.82. The van der Waals surface area contributed by atoms with Crippen molar-refractivity contribution in [2.75, 3.05) is 0 Å². The predicted octanol–water partition coefficient (Wildman–Crippen LogP) is 4.01. The Morgan fingerprint density at radius 1 is 1.14 bits per heavy atom. The molecule has 0 heterocycles. The van der Waals surface area contributed by atoms with E-state index in [0.29, 0.717) is 15.9 Å². The number of hydrogen-bond donors (Lipinski definition) is 1. The average Bonchev–Trinajstić information content (AvgIpc) is 2.41. The van der Waals surface area contributed by atoms with Crippen molar-refractivity contribution in [3.63, 3.8) is 0 Å². The molecule has 0 radical (unpaired) electrons. The average molecular weight is 389 g/mol. The van der Waals surface area contributed by atoms with Crippen LogP contribution in [0.3, 0.4) is 0 Å². The van der Waals surface area contributed by atoms with Gasteiger partial charge < -0.3 is 0 Å². The van der Waals surface area contributed by atoms with E-state index in [1.807, 2.05) is 25.1 Å². The van der Waals surface area contributed by atoms with Crippen LogP contribution in [0.5, 0.6) is 0 Å². The van der Waals surface area contributed by atoms with E-state index in [-0.39, 0.29) is 10.9 Å². The molecule has 3 nitrogen and oxygen atoms in total. The van der Waals surface area contributed by atoms with Gasteiger partial charge in [0.05, 0.1) is 4.90 Å². The fourth-order valence-electron chi connectivity index (χ4n) is 2.03. The lowest BCUT2D eigenvalue weighted by molar-refractivity contribution is 0.559. The molecular weight excluding hydrogens is 374 g/mol. The number of nitrogens with one attached hydrogen (secondary N) is 1. The van der Waals surface area contributed by atoms with E-state index in [2.05, 4.69) is 20.7 Å². The van der Waals surface area contributed by atoms with E-state index in [9.17, 15) is 8.42 Å². The summed E-state index contributed by atoms with van der Waals surface area (Å²) in [4.78, 5) is 0.232. The van der Waals surface area contributed by atoms with Gasteiger partial charge >= 0.3 is 0 Å². The molecule has 0 saturated heterocycles. The lowest BCUT2D eigenvalue weighted by Gasteiger charge is -2.15. The smallest absolute Gasteiger partial charge is 0.208 e. The minimum absolute atomic E-state index is 0.232. The molecule has 1 atom stereocenters. The van der Waals surface area contributed by atoms with Crippen LogP contribution >= 0.6 is 27.5 Å². The van der Waals surface area contributed by atoms with Crippen molar-refractivity contribution in [3.8, 4) is 0 Å². The first-order valence-corrected chi connectivity index (χ1v) is 9.06. The lowest BCUT2D eigenvalue weighted by Crippen LogP contribution is -2.34. The van der Waals surface area contributed by atoms with Crippen molar-refractivity contribution in [2.24, 2.45) is 0 Å². The Balaban J connectivity index is 2.14. The van der Waals surface area contributed by atoms with Crippen LogP contribution in [0.4, 0.5) is 0 Å². The first-order valence-electron chi connectivity index (χ1n) is 6.40. The van der Waals surface area contributed by atoms with Gasteiger partial charge in [-0.3, -0.25) is 0 Å². The molecule has 0 aromatic heterocycles. The van der Waals surface area contributed by atoms with Gasteiger partial charge in [-0.05, 0) is 53.0 Å². The van der Waals surface area contributed by atoms with Gasteiger partial charge in [-0.1, -0.05) is 41.9 Å². The highest BCUT2D eigenvalue weighted by Crippen LogP contribution is 2.22. The Kier molecular flexibility index (Phi) is 5.43. The molecule has 2 aromatic rings. The molecule has 1 N–H and O–H groups in total. The first kappa shape index (κ1) is 16.5. The third-order valence-corrected chi connectivity index (χ3v) is 5.94. The van der Waals surface area contributed by atoms with E-state index in [4.69, 9.17) is 11.6 Å². The highest BCUT2D eigenvalue weighted by atomic mass is 79.9. The zero-order chi connectivity index (χ0) is 15.5. The number of halogens is 2. The maximum Gasteiger partial charge on any atom is 0.241 e. The molecule has 0 saturated carbocycles. The predicted molar refractivity (Wildman–Crippen MR) is 89.1 cm³/mol. The topological polar surface area (TPSA) is 46.2 Å². The Bertz CT molecular complexity index is 734. The summed E-state index contributed by atoms with van der Waals surface area (Å²) < 4.78 is 27.9. The number of hydrogen-bond acceptors (Lipinski definition) is 2. The van der Waals surface area contributed by atoms with Crippen molar-refractivity contribution in [1.82, 2.24) is 4.72 Å². The monoisotopic (exact) mass is 387 g/mol. The Labute approximate surface area is 138 Å². The summed E-state index contributed by atoms with van der Waals surface area (Å²) in [6.07, 6.45) is 0.531. The highest BCUT2D eigenvalue weighted by Gasteiger charge is 2.20. The zero-order valence-corrected chi connectivity index (χ0v) is 14.5. The molecule has 21 heavy (non-hydrogen) atoms. The van der Waals surface area contributed by atoms with E-state index in [1.54, 1.807) is 30.3 Å². The zero-order valence-electron chi connectivity index (χ0n) is 11.4. The van der Waals surface area contributed by atoms with Gasteiger partial charge in [0.1, 0.15) is 0 Å². The molecule has 0 aliphatic heterocycles. The second kappa shape index (κ2) is 6.92. The molecule has 0 amide bonds. The van der Waals surface area contributed by atoms with Crippen LogP contribution in [-0.4, -0.2) is 14.5 Å². The van der Waals surface area contributed by atoms with E-state index >= 15 is 0 Å². The largest absolute Gasteiger partial charge is 0.241 e. The molecule has 2 aromatic carbocycles. The molecule has 1 unspecified atom stereocenters. The third kappa shape index (κ3) is 4.30. The minimum Gasteiger partial charge on any atom is -0.208 e. The molecular formula is C15H15BrClNO2S.